The molecule has 0 bridgehead atoms. The lowest BCUT2D eigenvalue weighted by molar-refractivity contribution is 0.355. The standard InChI is InChI=1S/C8H9NO3/c1-11-7-4-3-6(9-10)5-8(7)12-2/h3-5H,1-2H3. The van der Waals surface area contributed by atoms with Gasteiger partial charge in [-0.25, -0.2) is 0 Å². The normalized spacial score (nSPS) is 9.17. The van der Waals surface area contributed by atoms with Crippen LogP contribution in [0.3, 0.4) is 0 Å². The Morgan fingerprint density at radius 2 is 1.83 bits per heavy atom. The Kier molecular flexibility index (Phi) is 2.63. The van der Waals surface area contributed by atoms with E-state index < -0.39 is 0 Å². The van der Waals surface area contributed by atoms with Crippen molar-refractivity contribution in [2.75, 3.05) is 14.2 Å². The highest BCUT2D eigenvalue weighted by Crippen LogP contribution is 2.30. The number of benzene rings is 1. The Labute approximate surface area is 70.1 Å². The first kappa shape index (κ1) is 8.52. The van der Waals surface area contributed by atoms with Gasteiger partial charge in [-0.15, -0.1) is 4.91 Å². The van der Waals surface area contributed by atoms with Gasteiger partial charge in [-0.2, -0.15) is 0 Å². The Bertz CT molecular complexity index is 286. The number of nitroso groups, excluding NO2 is 1. The van der Waals surface area contributed by atoms with Gasteiger partial charge in [-0.1, -0.05) is 0 Å². The van der Waals surface area contributed by atoms with Crippen molar-refractivity contribution in [2.45, 2.75) is 0 Å². The number of hydrogen-bond donors (Lipinski definition) is 0. The second kappa shape index (κ2) is 3.71. The average Bonchev–Trinajstić information content (AvgIpc) is 2.16. The van der Waals surface area contributed by atoms with Crippen LogP contribution in [0.4, 0.5) is 5.69 Å². The van der Waals surface area contributed by atoms with Gasteiger partial charge in [0.15, 0.2) is 11.5 Å². The van der Waals surface area contributed by atoms with E-state index >= 15 is 0 Å². The summed E-state index contributed by atoms with van der Waals surface area (Å²) in [5.41, 5.74) is 0.327. The van der Waals surface area contributed by atoms with Crippen LogP contribution in [0, 0.1) is 4.91 Å². The van der Waals surface area contributed by atoms with Crippen LogP contribution in [0.2, 0.25) is 0 Å². The van der Waals surface area contributed by atoms with Gasteiger partial charge in [0.05, 0.1) is 14.2 Å². The highest BCUT2D eigenvalue weighted by molar-refractivity contribution is 5.51. The van der Waals surface area contributed by atoms with Gasteiger partial charge >= 0.3 is 0 Å². The molecule has 0 aliphatic rings. The summed E-state index contributed by atoms with van der Waals surface area (Å²) in [6, 6.07) is 4.72. The molecular formula is C8H9NO3. The summed E-state index contributed by atoms with van der Waals surface area (Å²) >= 11 is 0. The smallest absolute Gasteiger partial charge is 0.162 e. The molecule has 0 radical (unpaired) electrons. The van der Waals surface area contributed by atoms with Gasteiger partial charge < -0.3 is 9.47 Å². The van der Waals surface area contributed by atoms with E-state index in [0.717, 1.165) is 0 Å². The van der Waals surface area contributed by atoms with Crippen LogP contribution in [-0.4, -0.2) is 14.2 Å². The highest BCUT2D eigenvalue weighted by Gasteiger charge is 2.03. The van der Waals surface area contributed by atoms with Gasteiger partial charge in [0, 0.05) is 6.07 Å². The van der Waals surface area contributed by atoms with E-state index in [4.69, 9.17) is 9.47 Å². The molecule has 1 aromatic rings. The Balaban J connectivity index is 3.10. The molecule has 0 unspecified atom stereocenters. The van der Waals surface area contributed by atoms with Crippen LogP contribution in [0.25, 0.3) is 0 Å². The lowest BCUT2D eigenvalue weighted by atomic mass is 10.3. The van der Waals surface area contributed by atoms with Crippen molar-refractivity contribution in [2.24, 2.45) is 5.18 Å². The molecule has 4 nitrogen and oxygen atoms in total. The van der Waals surface area contributed by atoms with Crippen LogP contribution in [0.1, 0.15) is 0 Å². The van der Waals surface area contributed by atoms with Crippen LogP contribution < -0.4 is 9.47 Å². The Morgan fingerprint density at radius 3 is 2.33 bits per heavy atom. The second-order valence-electron chi connectivity index (χ2n) is 2.13. The van der Waals surface area contributed by atoms with Crippen molar-refractivity contribution >= 4 is 5.69 Å². The molecule has 0 saturated carbocycles. The lowest BCUT2D eigenvalue weighted by Gasteiger charge is -2.05. The summed E-state index contributed by atoms with van der Waals surface area (Å²) in [6.45, 7) is 0. The molecule has 1 rings (SSSR count). The molecule has 0 N–H and O–H groups in total. The topological polar surface area (TPSA) is 47.9 Å². The fourth-order valence-electron chi connectivity index (χ4n) is 0.882. The predicted molar refractivity (Wildman–Crippen MR) is 45.0 cm³/mol. The van der Waals surface area contributed by atoms with Crippen molar-refractivity contribution in [1.29, 1.82) is 0 Å². The van der Waals surface area contributed by atoms with Crippen LogP contribution in [0.15, 0.2) is 23.4 Å². The molecule has 1 aromatic carbocycles. The molecule has 0 saturated heterocycles. The average molecular weight is 167 g/mol. The zero-order valence-electron chi connectivity index (χ0n) is 6.90. The summed E-state index contributed by atoms with van der Waals surface area (Å²) in [5, 5.41) is 2.77. The third-order valence-electron chi connectivity index (χ3n) is 1.47. The maximum atomic E-state index is 10.1. The summed E-state index contributed by atoms with van der Waals surface area (Å²) < 4.78 is 9.92. The zero-order chi connectivity index (χ0) is 8.97. The van der Waals surface area contributed by atoms with Crippen molar-refractivity contribution < 1.29 is 9.47 Å². The minimum absolute atomic E-state index is 0.327. The summed E-state index contributed by atoms with van der Waals surface area (Å²) in [6.07, 6.45) is 0. The van der Waals surface area contributed by atoms with Crippen LogP contribution in [-0.2, 0) is 0 Å². The van der Waals surface area contributed by atoms with Gasteiger partial charge in [0.1, 0.15) is 5.69 Å². The highest BCUT2D eigenvalue weighted by atomic mass is 16.5. The first-order valence-corrected chi connectivity index (χ1v) is 3.37. The minimum Gasteiger partial charge on any atom is -0.493 e. The Morgan fingerprint density at radius 1 is 1.17 bits per heavy atom. The van der Waals surface area contributed by atoms with Crippen LogP contribution in [0.5, 0.6) is 11.5 Å². The molecule has 0 atom stereocenters. The number of ether oxygens (including phenoxy) is 2. The second-order valence-corrected chi connectivity index (χ2v) is 2.13. The summed E-state index contributed by atoms with van der Waals surface area (Å²) in [4.78, 5) is 10.1. The maximum absolute atomic E-state index is 10.1. The van der Waals surface area contributed by atoms with Crippen molar-refractivity contribution in [3.05, 3.63) is 23.1 Å². The fraction of sp³-hybridized carbons (Fsp3) is 0.250. The minimum atomic E-state index is 0.327. The van der Waals surface area contributed by atoms with Gasteiger partial charge in [-0.3, -0.25) is 0 Å². The third-order valence-corrected chi connectivity index (χ3v) is 1.47. The first-order chi connectivity index (χ1) is 5.81. The van der Waals surface area contributed by atoms with Crippen molar-refractivity contribution in [3.63, 3.8) is 0 Å². The van der Waals surface area contributed by atoms with Crippen LogP contribution >= 0.6 is 0 Å². The SMILES string of the molecule is COc1ccc(N=O)cc1OC. The van der Waals surface area contributed by atoms with E-state index in [-0.39, 0.29) is 0 Å². The molecule has 12 heavy (non-hydrogen) atoms. The molecule has 0 amide bonds. The van der Waals surface area contributed by atoms with Gasteiger partial charge in [-0.05, 0) is 17.3 Å². The number of hydrogen-bond acceptors (Lipinski definition) is 4. The molecule has 64 valence electrons. The zero-order valence-corrected chi connectivity index (χ0v) is 6.90. The van der Waals surface area contributed by atoms with E-state index in [1.54, 1.807) is 12.1 Å². The van der Waals surface area contributed by atoms with Crippen molar-refractivity contribution in [3.8, 4) is 11.5 Å². The number of nitrogens with zero attached hydrogens (tertiary/aromatic N) is 1. The van der Waals surface area contributed by atoms with E-state index in [0.29, 0.717) is 17.2 Å². The molecule has 0 heterocycles. The quantitative estimate of drug-likeness (QED) is 0.647. The third kappa shape index (κ3) is 1.53. The Hall–Kier alpha value is -1.58. The lowest BCUT2D eigenvalue weighted by Crippen LogP contribution is -1.88. The molecular weight excluding hydrogens is 158 g/mol. The molecule has 0 aliphatic heterocycles. The number of rotatable bonds is 3. The van der Waals surface area contributed by atoms with Gasteiger partial charge in [0.2, 0.25) is 0 Å². The van der Waals surface area contributed by atoms with E-state index in [1.807, 2.05) is 0 Å². The van der Waals surface area contributed by atoms with E-state index in [2.05, 4.69) is 5.18 Å². The molecule has 4 heteroatoms. The molecule has 0 spiro atoms. The summed E-state index contributed by atoms with van der Waals surface area (Å²) in [7, 11) is 3.04. The van der Waals surface area contributed by atoms with E-state index in [1.165, 1.54) is 20.3 Å². The first-order valence-electron chi connectivity index (χ1n) is 3.37. The summed E-state index contributed by atoms with van der Waals surface area (Å²) in [5.74, 6) is 1.10. The molecule has 0 fully saturated rings. The monoisotopic (exact) mass is 167 g/mol. The molecule has 0 aliphatic carbocycles. The largest absolute Gasteiger partial charge is 0.493 e. The number of methoxy groups -OCH3 is 2. The predicted octanol–water partition coefficient (Wildman–Crippen LogP) is 2.10. The van der Waals surface area contributed by atoms with Gasteiger partial charge in [0.25, 0.3) is 0 Å². The molecule has 0 aromatic heterocycles. The maximum Gasteiger partial charge on any atom is 0.162 e. The fourth-order valence-corrected chi connectivity index (χ4v) is 0.882. The van der Waals surface area contributed by atoms with E-state index in [9.17, 15) is 4.91 Å². The van der Waals surface area contributed by atoms with Crippen molar-refractivity contribution in [1.82, 2.24) is 0 Å².